The van der Waals surface area contributed by atoms with Gasteiger partial charge in [0.15, 0.2) is 11.5 Å². The highest BCUT2D eigenvalue weighted by atomic mass is 32.1. The van der Waals surface area contributed by atoms with Crippen LogP contribution in [0.3, 0.4) is 0 Å². The standard InChI is InChI=1S/C21H29NO4S/c1-6-8-14(9-7-2)22-21(23)18-13-12-17(27-18)15-10-11-16(24-3)20(26-5)19(15)25-4/h10-14H,6-9H2,1-5H3,(H,22,23). The van der Waals surface area contributed by atoms with Crippen molar-refractivity contribution in [2.45, 2.75) is 45.6 Å². The third-order valence-corrected chi connectivity index (χ3v) is 5.53. The van der Waals surface area contributed by atoms with Crippen molar-refractivity contribution in [3.8, 4) is 27.7 Å². The van der Waals surface area contributed by atoms with Crippen LogP contribution in [0.4, 0.5) is 0 Å². The van der Waals surface area contributed by atoms with E-state index in [1.54, 1.807) is 21.3 Å². The number of carbonyl (C=O) groups is 1. The summed E-state index contributed by atoms with van der Waals surface area (Å²) >= 11 is 1.45. The van der Waals surface area contributed by atoms with Crippen LogP contribution in [0.15, 0.2) is 24.3 Å². The molecule has 1 aromatic heterocycles. The van der Waals surface area contributed by atoms with Crippen LogP contribution in [0.25, 0.3) is 10.4 Å². The summed E-state index contributed by atoms with van der Waals surface area (Å²) in [7, 11) is 4.77. The SMILES string of the molecule is CCCC(CCC)NC(=O)c1ccc(-c2ccc(OC)c(OC)c2OC)s1. The van der Waals surface area contributed by atoms with Gasteiger partial charge in [-0.1, -0.05) is 26.7 Å². The van der Waals surface area contributed by atoms with Crippen molar-refractivity contribution >= 4 is 17.2 Å². The third kappa shape index (κ3) is 4.95. The second-order valence-corrected chi connectivity index (χ2v) is 7.38. The van der Waals surface area contributed by atoms with Crippen LogP contribution in [0.2, 0.25) is 0 Å². The van der Waals surface area contributed by atoms with Gasteiger partial charge < -0.3 is 19.5 Å². The van der Waals surface area contributed by atoms with E-state index in [4.69, 9.17) is 14.2 Å². The zero-order valence-electron chi connectivity index (χ0n) is 16.8. The van der Waals surface area contributed by atoms with Gasteiger partial charge in [-0.2, -0.15) is 0 Å². The van der Waals surface area contributed by atoms with Crippen LogP contribution >= 0.6 is 11.3 Å². The molecule has 1 amide bonds. The molecule has 0 saturated carbocycles. The highest BCUT2D eigenvalue weighted by Crippen LogP contribution is 2.45. The molecule has 0 unspecified atom stereocenters. The Bertz CT molecular complexity index is 751. The average molecular weight is 392 g/mol. The minimum Gasteiger partial charge on any atom is -0.493 e. The van der Waals surface area contributed by atoms with Gasteiger partial charge in [0.1, 0.15) is 0 Å². The second kappa shape index (κ2) is 10.2. The molecule has 1 aromatic carbocycles. The first-order valence-corrected chi connectivity index (χ1v) is 10.1. The topological polar surface area (TPSA) is 56.8 Å². The fourth-order valence-electron chi connectivity index (χ4n) is 3.14. The molecule has 1 heterocycles. The molecule has 148 valence electrons. The number of methoxy groups -OCH3 is 3. The molecular weight excluding hydrogens is 362 g/mol. The molecule has 0 fully saturated rings. The predicted molar refractivity (Wildman–Crippen MR) is 110 cm³/mol. The van der Waals surface area contributed by atoms with E-state index in [-0.39, 0.29) is 11.9 Å². The van der Waals surface area contributed by atoms with Gasteiger partial charge in [-0.05, 0) is 37.1 Å². The van der Waals surface area contributed by atoms with Gasteiger partial charge in [-0.25, -0.2) is 0 Å². The number of hydrogen-bond acceptors (Lipinski definition) is 5. The molecule has 0 aliphatic heterocycles. The first-order chi connectivity index (χ1) is 13.1. The van der Waals surface area contributed by atoms with Crippen LogP contribution in [0.1, 0.15) is 49.2 Å². The highest BCUT2D eigenvalue weighted by molar-refractivity contribution is 7.17. The van der Waals surface area contributed by atoms with Gasteiger partial charge in [-0.15, -0.1) is 11.3 Å². The smallest absolute Gasteiger partial charge is 0.261 e. The number of hydrogen-bond donors (Lipinski definition) is 1. The summed E-state index contributed by atoms with van der Waals surface area (Å²) in [6, 6.07) is 7.80. The van der Waals surface area contributed by atoms with Gasteiger partial charge in [-0.3, -0.25) is 4.79 Å². The maximum Gasteiger partial charge on any atom is 0.261 e. The number of carbonyl (C=O) groups excluding carboxylic acids is 1. The van der Waals surface area contributed by atoms with Crippen LogP contribution in [0.5, 0.6) is 17.2 Å². The first-order valence-electron chi connectivity index (χ1n) is 9.29. The Morgan fingerprint density at radius 2 is 1.63 bits per heavy atom. The molecule has 6 heteroatoms. The molecule has 0 spiro atoms. The zero-order valence-corrected chi connectivity index (χ0v) is 17.6. The second-order valence-electron chi connectivity index (χ2n) is 6.29. The van der Waals surface area contributed by atoms with Crippen LogP contribution < -0.4 is 19.5 Å². The van der Waals surface area contributed by atoms with E-state index in [2.05, 4.69) is 19.2 Å². The first kappa shape index (κ1) is 21.1. The number of nitrogens with one attached hydrogen (secondary N) is 1. The molecule has 0 radical (unpaired) electrons. The lowest BCUT2D eigenvalue weighted by Crippen LogP contribution is -2.34. The summed E-state index contributed by atoms with van der Waals surface area (Å²) in [5.74, 6) is 1.73. The van der Waals surface area contributed by atoms with Crippen molar-refractivity contribution < 1.29 is 19.0 Å². The molecule has 2 aromatic rings. The molecular formula is C21H29NO4S. The summed E-state index contributed by atoms with van der Waals surface area (Å²) in [6.07, 6.45) is 4.12. The van der Waals surface area contributed by atoms with E-state index in [1.165, 1.54) is 11.3 Å². The van der Waals surface area contributed by atoms with E-state index in [9.17, 15) is 4.79 Å². The quantitative estimate of drug-likeness (QED) is 0.609. The molecule has 1 N–H and O–H groups in total. The molecule has 27 heavy (non-hydrogen) atoms. The van der Waals surface area contributed by atoms with E-state index in [0.717, 1.165) is 36.1 Å². The van der Waals surface area contributed by atoms with E-state index in [1.807, 2.05) is 24.3 Å². The number of thiophene rings is 1. The molecule has 0 aliphatic rings. The van der Waals surface area contributed by atoms with E-state index < -0.39 is 0 Å². The molecule has 0 atom stereocenters. The minimum absolute atomic E-state index is 0.0161. The van der Waals surface area contributed by atoms with Gasteiger partial charge in [0.05, 0.1) is 26.2 Å². The lowest BCUT2D eigenvalue weighted by molar-refractivity contribution is 0.0936. The van der Waals surface area contributed by atoms with Crippen molar-refractivity contribution in [1.82, 2.24) is 5.32 Å². The summed E-state index contributed by atoms with van der Waals surface area (Å²) in [5, 5.41) is 3.16. The molecule has 0 aliphatic carbocycles. The maximum atomic E-state index is 12.7. The number of ether oxygens (including phenoxy) is 3. The van der Waals surface area contributed by atoms with Gasteiger partial charge in [0.25, 0.3) is 5.91 Å². The zero-order chi connectivity index (χ0) is 19.8. The van der Waals surface area contributed by atoms with Crippen molar-refractivity contribution in [1.29, 1.82) is 0 Å². The van der Waals surface area contributed by atoms with Gasteiger partial charge >= 0.3 is 0 Å². The van der Waals surface area contributed by atoms with Crippen LogP contribution in [-0.2, 0) is 0 Å². The number of rotatable bonds is 10. The van der Waals surface area contributed by atoms with Gasteiger partial charge in [0, 0.05) is 16.5 Å². The predicted octanol–water partition coefficient (Wildman–Crippen LogP) is 5.14. The Kier molecular flexibility index (Phi) is 7.98. The molecule has 2 rings (SSSR count). The van der Waals surface area contributed by atoms with Crippen LogP contribution in [-0.4, -0.2) is 33.3 Å². The Hall–Kier alpha value is -2.21. The molecule has 0 saturated heterocycles. The summed E-state index contributed by atoms with van der Waals surface area (Å²) in [5.41, 5.74) is 0.873. The molecule has 0 bridgehead atoms. The van der Waals surface area contributed by atoms with Crippen molar-refractivity contribution in [3.63, 3.8) is 0 Å². The lowest BCUT2D eigenvalue weighted by atomic mass is 10.1. The van der Waals surface area contributed by atoms with Gasteiger partial charge in [0.2, 0.25) is 5.75 Å². The Morgan fingerprint density at radius 1 is 0.963 bits per heavy atom. The minimum atomic E-state index is -0.0161. The normalized spacial score (nSPS) is 10.7. The summed E-state index contributed by atoms with van der Waals surface area (Å²) in [4.78, 5) is 14.3. The van der Waals surface area contributed by atoms with Crippen molar-refractivity contribution in [2.75, 3.05) is 21.3 Å². The van der Waals surface area contributed by atoms with Crippen molar-refractivity contribution in [2.24, 2.45) is 0 Å². The average Bonchev–Trinajstić information content (AvgIpc) is 3.17. The largest absolute Gasteiger partial charge is 0.493 e. The Morgan fingerprint density at radius 3 is 2.19 bits per heavy atom. The monoisotopic (exact) mass is 391 g/mol. The van der Waals surface area contributed by atoms with E-state index in [0.29, 0.717) is 22.1 Å². The summed E-state index contributed by atoms with van der Waals surface area (Å²) < 4.78 is 16.4. The summed E-state index contributed by atoms with van der Waals surface area (Å²) in [6.45, 7) is 4.28. The Balaban J connectivity index is 2.28. The fourth-order valence-corrected chi connectivity index (χ4v) is 4.07. The number of amides is 1. The third-order valence-electron chi connectivity index (χ3n) is 4.41. The number of benzene rings is 1. The van der Waals surface area contributed by atoms with Crippen molar-refractivity contribution in [3.05, 3.63) is 29.1 Å². The maximum absolute atomic E-state index is 12.7. The highest BCUT2D eigenvalue weighted by Gasteiger charge is 2.20. The Labute approximate surface area is 165 Å². The molecule has 5 nitrogen and oxygen atoms in total. The van der Waals surface area contributed by atoms with E-state index >= 15 is 0 Å². The van der Waals surface area contributed by atoms with Crippen LogP contribution in [0, 0.1) is 0 Å². The fraction of sp³-hybridized carbons (Fsp3) is 0.476. The lowest BCUT2D eigenvalue weighted by Gasteiger charge is -2.16.